The number of hydrogen-bond donors (Lipinski definition) is 5. The van der Waals surface area contributed by atoms with E-state index in [1.165, 1.54) is 30.3 Å². The van der Waals surface area contributed by atoms with E-state index in [9.17, 15) is 30.0 Å². The Labute approximate surface area is 135 Å². The molecule has 0 heterocycles. The smallest absolute Gasteiger partial charge is 0.351 e. The number of carboxylic acids is 1. The van der Waals surface area contributed by atoms with Gasteiger partial charge in [0, 0.05) is 11.6 Å². The van der Waals surface area contributed by atoms with Crippen LogP contribution in [0.25, 0.3) is 0 Å². The van der Waals surface area contributed by atoms with E-state index in [1.807, 2.05) is 0 Å². The number of hydrogen-bond acceptors (Lipinski definition) is 7. The number of aromatic hydroxyl groups is 2. The molecule has 0 spiro atoms. The minimum atomic E-state index is -2.98. The van der Waals surface area contributed by atoms with Crippen molar-refractivity contribution in [3.63, 3.8) is 0 Å². The van der Waals surface area contributed by atoms with Crippen LogP contribution in [0.5, 0.6) is 17.2 Å². The Bertz CT molecular complexity index is 772. The van der Waals surface area contributed by atoms with Crippen LogP contribution in [0.4, 0.5) is 0 Å². The van der Waals surface area contributed by atoms with Gasteiger partial charge in [-0.1, -0.05) is 18.2 Å². The molecule has 0 aromatic heterocycles. The van der Waals surface area contributed by atoms with Crippen molar-refractivity contribution in [3.05, 3.63) is 54.1 Å². The van der Waals surface area contributed by atoms with Gasteiger partial charge in [0.1, 0.15) is 17.2 Å². The van der Waals surface area contributed by atoms with Crippen molar-refractivity contribution < 1.29 is 39.9 Å². The zero-order chi connectivity index (χ0) is 17.9. The average Bonchev–Trinajstić information content (AvgIpc) is 2.53. The average molecular weight is 334 g/mol. The fourth-order valence-electron chi connectivity index (χ4n) is 2.04. The van der Waals surface area contributed by atoms with Crippen LogP contribution < -0.4 is 4.74 Å². The van der Waals surface area contributed by atoms with E-state index in [2.05, 4.69) is 0 Å². The Kier molecular flexibility index (Phi) is 4.72. The molecular weight excluding hydrogens is 320 g/mol. The first-order chi connectivity index (χ1) is 11.2. The van der Waals surface area contributed by atoms with Crippen LogP contribution in [0.2, 0.25) is 0 Å². The van der Waals surface area contributed by atoms with Crippen LogP contribution in [0, 0.1) is 0 Å². The summed E-state index contributed by atoms with van der Waals surface area (Å²) in [5.41, 5.74) is -3.35. The first-order valence-corrected chi connectivity index (χ1v) is 6.69. The summed E-state index contributed by atoms with van der Waals surface area (Å²) in [5.74, 6) is -4.10. The predicted octanol–water partition coefficient (Wildman–Crippen LogP) is 0.336. The molecular formula is C16H14O8. The van der Waals surface area contributed by atoms with Gasteiger partial charge in [-0.15, -0.1) is 0 Å². The number of benzene rings is 2. The molecule has 0 aliphatic carbocycles. The molecule has 8 heteroatoms. The topological polar surface area (TPSA) is 145 Å². The molecule has 2 atom stereocenters. The molecule has 2 unspecified atom stereocenters. The van der Waals surface area contributed by atoms with E-state index in [0.29, 0.717) is 0 Å². The molecule has 0 bridgehead atoms. The number of phenolic OH excluding ortho intramolecular Hbond substituents is 2. The van der Waals surface area contributed by atoms with Crippen LogP contribution in [0.3, 0.4) is 0 Å². The van der Waals surface area contributed by atoms with Crippen molar-refractivity contribution >= 4 is 11.9 Å². The van der Waals surface area contributed by atoms with Crippen LogP contribution in [0.1, 0.15) is 5.56 Å². The summed E-state index contributed by atoms with van der Waals surface area (Å²) in [6.07, 6.45) is -2.55. The normalized spacial score (nSPS) is 14.4. The number of esters is 1. The zero-order valence-electron chi connectivity index (χ0n) is 12.2. The highest BCUT2D eigenvalue weighted by Crippen LogP contribution is 2.31. The molecule has 0 radical (unpaired) electrons. The summed E-state index contributed by atoms with van der Waals surface area (Å²) in [7, 11) is 0. The lowest BCUT2D eigenvalue weighted by Crippen LogP contribution is -2.52. The van der Waals surface area contributed by atoms with Gasteiger partial charge in [-0.3, -0.25) is 0 Å². The lowest BCUT2D eigenvalue weighted by atomic mass is 9.88. The third-order valence-corrected chi connectivity index (χ3v) is 3.26. The largest absolute Gasteiger partial charge is 0.508 e. The van der Waals surface area contributed by atoms with Crippen molar-refractivity contribution in [2.24, 2.45) is 0 Å². The molecule has 0 saturated carbocycles. The number of rotatable bonds is 5. The fourth-order valence-corrected chi connectivity index (χ4v) is 2.04. The summed E-state index contributed by atoms with van der Waals surface area (Å²) >= 11 is 0. The first kappa shape index (κ1) is 17.3. The van der Waals surface area contributed by atoms with Crippen molar-refractivity contribution in [1.29, 1.82) is 0 Å². The molecule has 0 aliphatic rings. The summed E-state index contributed by atoms with van der Waals surface area (Å²) in [6, 6.07) is 9.58. The van der Waals surface area contributed by atoms with Crippen LogP contribution in [-0.4, -0.2) is 43.6 Å². The number of aliphatic hydroxyl groups is 2. The van der Waals surface area contributed by atoms with E-state index in [1.54, 1.807) is 0 Å². The van der Waals surface area contributed by atoms with Crippen molar-refractivity contribution in [2.45, 2.75) is 11.7 Å². The Morgan fingerprint density at radius 2 is 1.58 bits per heavy atom. The van der Waals surface area contributed by atoms with E-state index in [-0.39, 0.29) is 22.8 Å². The summed E-state index contributed by atoms with van der Waals surface area (Å²) in [5, 5.41) is 48.2. The standard InChI is InChI=1S/C16H14O8/c17-10-4-1-3-9(7-10)16(23,13(19)14(20)21)15(22)24-12-6-2-5-11(18)8-12/h1-8,13,17-19,23H,(H,20,21). The van der Waals surface area contributed by atoms with Gasteiger partial charge in [-0.05, 0) is 24.3 Å². The van der Waals surface area contributed by atoms with Gasteiger partial charge in [0.15, 0.2) is 6.10 Å². The number of carbonyl (C=O) groups is 2. The Morgan fingerprint density at radius 3 is 2.12 bits per heavy atom. The van der Waals surface area contributed by atoms with Gasteiger partial charge in [-0.25, -0.2) is 9.59 Å². The third-order valence-electron chi connectivity index (χ3n) is 3.26. The first-order valence-electron chi connectivity index (χ1n) is 6.69. The van der Waals surface area contributed by atoms with Gasteiger partial charge < -0.3 is 30.3 Å². The summed E-state index contributed by atoms with van der Waals surface area (Å²) < 4.78 is 4.87. The van der Waals surface area contributed by atoms with E-state index in [4.69, 9.17) is 9.84 Å². The van der Waals surface area contributed by atoms with E-state index < -0.39 is 23.6 Å². The third kappa shape index (κ3) is 3.29. The zero-order valence-corrected chi connectivity index (χ0v) is 12.2. The number of aliphatic carboxylic acids is 1. The second kappa shape index (κ2) is 6.57. The maximum atomic E-state index is 12.3. The van der Waals surface area contributed by atoms with Crippen molar-refractivity contribution in [3.8, 4) is 17.2 Å². The fraction of sp³-hybridized carbons (Fsp3) is 0.125. The Balaban J connectivity index is 2.46. The lowest BCUT2D eigenvalue weighted by molar-refractivity contribution is -0.183. The molecule has 8 nitrogen and oxygen atoms in total. The maximum Gasteiger partial charge on any atom is 0.351 e. The molecule has 24 heavy (non-hydrogen) atoms. The van der Waals surface area contributed by atoms with Crippen LogP contribution in [0.15, 0.2) is 48.5 Å². The van der Waals surface area contributed by atoms with E-state index in [0.717, 1.165) is 18.2 Å². The minimum absolute atomic E-state index is 0.170. The molecule has 2 rings (SSSR count). The van der Waals surface area contributed by atoms with Gasteiger partial charge in [0.25, 0.3) is 0 Å². The molecule has 2 aromatic carbocycles. The molecule has 0 fully saturated rings. The molecule has 0 saturated heterocycles. The Hall–Kier alpha value is -3.10. The SMILES string of the molecule is O=C(O)C(O)C(O)(C(=O)Oc1cccc(O)c1)c1cccc(O)c1. The van der Waals surface area contributed by atoms with Crippen molar-refractivity contribution in [2.75, 3.05) is 0 Å². The number of carbonyl (C=O) groups excluding carboxylic acids is 1. The highest BCUT2D eigenvalue weighted by molar-refractivity contribution is 5.90. The number of carboxylic acid groups (broad SMARTS) is 1. The van der Waals surface area contributed by atoms with Crippen LogP contribution >= 0.6 is 0 Å². The molecule has 0 amide bonds. The van der Waals surface area contributed by atoms with Crippen LogP contribution in [-0.2, 0) is 15.2 Å². The molecule has 126 valence electrons. The monoisotopic (exact) mass is 334 g/mol. The molecule has 2 aromatic rings. The summed E-state index contributed by atoms with van der Waals surface area (Å²) in [6.45, 7) is 0. The predicted molar refractivity (Wildman–Crippen MR) is 79.4 cm³/mol. The van der Waals surface area contributed by atoms with Gasteiger partial charge in [0.2, 0.25) is 5.60 Å². The van der Waals surface area contributed by atoms with Gasteiger partial charge in [-0.2, -0.15) is 0 Å². The number of aliphatic hydroxyl groups excluding tert-OH is 1. The Morgan fingerprint density at radius 1 is 1.00 bits per heavy atom. The second-order valence-corrected chi connectivity index (χ2v) is 4.94. The second-order valence-electron chi connectivity index (χ2n) is 4.94. The van der Waals surface area contributed by atoms with Gasteiger partial charge in [0.05, 0.1) is 0 Å². The highest BCUT2D eigenvalue weighted by atomic mass is 16.6. The number of ether oxygens (including phenoxy) is 1. The lowest BCUT2D eigenvalue weighted by Gasteiger charge is -2.28. The molecule has 0 aliphatic heterocycles. The minimum Gasteiger partial charge on any atom is -0.508 e. The molecule has 5 N–H and O–H groups in total. The summed E-state index contributed by atoms with van der Waals surface area (Å²) in [4.78, 5) is 23.4. The quantitative estimate of drug-likeness (QED) is 0.389. The highest BCUT2D eigenvalue weighted by Gasteiger charge is 2.51. The maximum absolute atomic E-state index is 12.3. The van der Waals surface area contributed by atoms with E-state index >= 15 is 0 Å². The van der Waals surface area contributed by atoms with Gasteiger partial charge >= 0.3 is 11.9 Å². The van der Waals surface area contributed by atoms with Crippen molar-refractivity contribution in [1.82, 2.24) is 0 Å². The number of phenols is 2.